The Morgan fingerprint density at radius 2 is 1.86 bits per heavy atom. The highest BCUT2D eigenvalue weighted by Gasteiger charge is 2.50. The van der Waals surface area contributed by atoms with Gasteiger partial charge in [0.25, 0.3) is 0 Å². The van der Waals surface area contributed by atoms with Gasteiger partial charge in [0.2, 0.25) is 0 Å². The van der Waals surface area contributed by atoms with Crippen molar-refractivity contribution in [2.24, 2.45) is 11.3 Å². The van der Waals surface area contributed by atoms with E-state index < -0.39 is 6.09 Å². The van der Waals surface area contributed by atoms with Gasteiger partial charge in [-0.1, -0.05) is 36.7 Å². The Balaban J connectivity index is 1.94. The highest BCUT2D eigenvalue weighted by molar-refractivity contribution is 9.10. The zero-order valence-electron chi connectivity index (χ0n) is 13.3. The van der Waals surface area contributed by atoms with E-state index in [-0.39, 0.29) is 5.41 Å². The summed E-state index contributed by atoms with van der Waals surface area (Å²) < 4.78 is 1.07. The summed E-state index contributed by atoms with van der Waals surface area (Å²) in [4.78, 5) is 15.3. The van der Waals surface area contributed by atoms with Crippen LogP contribution in [0.3, 0.4) is 0 Å². The minimum atomic E-state index is -0.794. The molecule has 0 bridgehead atoms. The van der Waals surface area contributed by atoms with Crippen molar-refractivity contribution in [3.63, 3.8) is 0 Å². The van der Waals surface area contributed by atoms with Crippen LogP contribution in [0.15, 0.2) is 28.7 Å². The number of anilines is 1. The van der Waals surface area contributed by atoms with E-state index in [0.29, 0.717) is 31.1 Å². The zero-order valence-corrected chi connectivity index (χ0v) is 14.9. The monoisotopic (exact) mass is 366 g/mol. The number of likely N-dealkylation sites (tertiary alicyclic amines) is 1. The molecule has 4 nitrogen and oxygen atoms in total. The van der Waals surface area contributed by atoms with Crippen molar-refractivity contribution in [2.45, 2.75) is 39.3 Å². The first-order valence-electron chi connectivity index (χ1n) is 7.79. The van der Waals surface area contributed by atoms with Crippen LogP contribution in [0, 0.1) is 11.3 Å². The maximum Gasteiger partial charge on any atom is 0.407 e. The number of hydrogen-bond donors (Lipinski definition) is 1. The van der Waals surface area contributed by atoms with Gasteiger partial charge >= 0.3 is 6.09 Å². The third kappa shape index (κ3) is 2.71. The minimum absolute atomic E-state index is 0.172. The summed E-state index contributed by atoms with van der Waals surface area (Å²) in [6.45, 7) is 8.11. The molecule has 1 aromatic rings. The van der Waals surface area contributed by atoms with Gasteiger partial charge in [-0.3, -0.25) is 0 Å². The van der Waals surface area contributed by atoms with Gasteiger partial charge in [-0.2, -0.15) is 0 Å². The van der Waals surface area contributed by atoms with Gasteiger partial charge < -0.3 is 14.9 Å². The predicted molar refractivity (Wildman–Crippen MR) is 91.4 cm³/mol. The molecule has 1 N–H and O–H groups in total. The van der Waals surface area contributed by atoms with Crippen LogP contribution >= 0.6 is 15.9 Å². The topological polar surface area (TPSA) is 43.8 Å². The molecule has 2 fully saturated rings. The minimum Gasteiger partial charge on any atom is -0.465 e. The quantitative estimate of drug-likeness (QED) is 0.814. The molecule has 2 aliphatic heterocycles. The summed E-state index contributed by atoms with van der Waals surface area (Å²) in [5, 5.41) is 9.29. The van der Waals surface area contributed by atoms with Gasteiger partial charge in [-0.05, 0) is 36.1 Å². The van der Waals surface area contributed by atoms with Crippen molar-refractivity contribution in [3.8, 4) is 0 Å². The van der Waals surface area contributed by atoms with E-state index in [1.807, 2.05) is 0 Å². The first-order valence-corrected chi connectivity index (χ1v) is 8.58. The molecule has 120 valence electrons. The van der Waals surface area contributed by atoms with Crippen LogP contribution < -0.4 is 4.90 Å². The van der Waals surface area contributed by atoms with Crippen molar-refractivity contribution in [3.05, 3.63) is 28.7 Å². The van der Waals surface area contributed by atoms with Crippen molar-refractivity contribution >= 4 is 27.7 Å². The van der Waals surface area contributed by atoms with Crippen molar-refractivity contribution in [1.29, 1.82) is 0 Å². The second-order valence-corrected chi connectivity index (χ2v) is 8.43. The number of nitrogens with zero attached hydrogens (tertiary/aromatic N) is 2. The summed E-state index contributed by atoms with van der Waals surface area (Å²) in [5.74, 6) is 0.434. The number of carbonyl (C=O) groups is 1. The summed E-state index contributed by atoms with van der Waals surface area (Å²) in [6, 6.07) is 9.13. The lowest BCUT2D eigenvalue weighted by Crippen LogP contribution is -2.46. The van der Waals surface area contributed by atoms with Crippen LogP contribution in [0.1, 0.15) is 27.2 Å². The Morgan fingerprint density at radius 3 is 2.41 bits per heavy atom. The Morgan fingerprint density at radius 1 is 1.23 bits per heavy atom. The molecular formula is C17H23BrN2O2. The van der Waals surface area contributed by atoms with Crippen LogP contribution in [0.25, 0.3) is 0 Å². The van der Waals surface area contributed by atoms with Crippen LogP contribution in [0.5, 0.6) is 0 Å². The lowest BCUT2D eigenvalue weighted by atomic mass is 9.83. The van der Waals surface area contributed by atoms with E-state index in [2.05, 4.69) is 65.9 Å². The summed E-state index contributed by atoms with van der Waals surface area (Å²) in [6.07, 6.45) is 0.269. The first-order chi connectivity index (χ1) is 10.3. The van der Waals surface area contributed by atoms with Gasteiger partial charge in [-0.15, -0.1) is 0 Å². The number of benzene rings is 1. The molecule has 5 heteroatoms. The fourth-order valence-corrected chi connectivity index (χ4v) is 4.21. The number of halogens is 1. The molecule has 0 aliphatic carbocycles. The van der Waals surface area contributed by atoms with E-state index in [4.69, 9.17) is 0 Å². The van der Waals surface area contributed by atoms with Crippen LogP contribution in [-0.4, -0.2) is 41.3 Å². The molecule has 2 aliphatic rings. The standard InChI is InChI=1S/C17H23BrN2O2/c1-17(2,3)15-8-11-9-19(16(21)22)10-14(11)20(15)13-6-4-12(18)5-7-13/h4-7,11,14-15H,8-10H2,1-3H3,(H,21,22)/t11-,14+,15?/m1/s1. The molecule has 3 atom stereocenters. The summed E-state index contributed by atoms with van der Waals surface area (Å²) in [7, 11) is 0. The number of rotatable bonds is 1. The number of hydrogen-bond acceptors (Lipinski definition) is 2. The Labute approximate surface area is 140 Å². The number of amides is 1. The zero-order chi connectivity index (χ0) is 16.1. The molecule has 1 unspecified atom stereocenters. The first kappa shape index (κ1) is 15.7. The number of fused-ring (bicyclic) bond motifs is 1. The molecule has 0 saturated carbocycles. The fraction of sp³-hybridized carbons (Fsp3) is 0.588. The predicted octanol–water partition coefficient (Wildman–Crippen LogP) is 4.05. The lowest BCUT2D eigenvalue weighted by Gasteiger charge is -2.39. The van der Waals surface area contributed by atoms with Crippen molar-refractivity contribution < 1.29 is 9.90 Å². The summed E-state index contributed by atoms with van der Waals surface area (Å²) >= 11 is 3.49. The van der Waals surface area contributed by atoms with Crippen molar-refractivity contribution in [1.82, 2.24) is 4.90 Å². The fourth-order valence-electron chi connectivity index (χ4n) is 3.94. The lowest BCUT2D eigenvalue weighted by molar-refractivity contribution is 0.151. The Hall–Kier alpha value is -1.23. The van der Waals surface area contributed by atoms with E-state index in [0.717, 1.165) is 10.9 Å². The molecule has 0 spiro atoms. The number of carboxylic acid groups (broad SMARTS) is 1. The Kier molecular flexibility index (Phi) is 3.87. The van der Waals surface area contributed by atoms with Crippen molar-refractivity contribution in [2.75, 3.05) is 18.0 Å². The average molecular weight is 367 g/mol. The molecule has 0 radical (unpaired) electrons. The van der Waals surface area contributed by atoms with Gasteiger partial charge in [0.1, 0.15) is 0 Å². The third-order valence-corrected chi connectivity index (χ3v) is 5.55. The van der Waals surface area contributed by atoms with Gasteiger partial charge in [0, 0.05) is 35.2 Å². The Bertz CT molecular complexity index is 567. The smallest absolute Gasteiger partial charge is 0.407 e. The van der Waals surface area contributed by atoms with Crippen LogP contribution in [0.2, 0.25) is 0 Å². The third-order valence-electron chi connectivity index (χ3n) is 5.02. The van der Waals surface area contributed by atoms with E-state index >= 15 is 0 Å². The average Bonchev–Trinajstić information content (AvgIpc) is 2.96. The molecule has 1 aromatic carbocycles. The van der Waals surface area contributed by atoms with Gasteiger partial charge in [0.05, 0.1) is 6.04 Å². The van der Waals surface area contributed by atoms with E-state index in [9.17, 15) is 9.90 Å². The van der Waals surface area contributed by atoms with Gasteiger partial charge in [0.15, 0.2) is 0 Å². The van der Waals surface area contributed by atoms with Crippen LogP contribution in [-0.2, 0) is 0 Å². The maximum absolute atomic E-state index is 11.3. The molecule has 2 saturated heterocycles. The molecule has 1 amide bonds. The largest absolute Gasteiger partial charge is 0.465 e. The molecule has 22 heavy (non-hydrogen) atoms. The SMILES string of the molecule is CC(C)(C)C1C[C@@H]2CN(C(=O)O)C[C@@H]2N1c1ccc(Br)cc1. The van der Waals surface area contributed by atoms with Gasteiger partial charge in [-0.25, -0.2) is 4.79 Å². The second kappa shape index (κ2) is 5.44. The van der Waals surface area contributed by atoms with Crippen LogP contribution in [0.4, 0.5) is 10.5 Å². The molecular weight excluding hydrogens is 344 g/mol. The highest BCUT2D eigenvalue weighted by atomic mass is 79.9. The molecule has 0 aromatic heterocycles. The molecule has 3 rings (SSSR count). The van der Waals surface area contributed by atoms with E-state index in [1.54, 1.807) is 4.90 Å². The highest BCUT2D eigenvalue weighted by Crippen LogP contribution is 2.45. The second-order valence-electron chi connectivity index (χ2n) is 7.52. The summed E-state index contributed by atoms with van der Waals surface area (Å²) in [5.41, 5.74) is 1.37. The van der Waals surface area contributed by atoms with E-state index in [1.165, 1.54) is 5.69 Å². The normalized spacial score (nSPS) is 28.1. The molecule has 2 heterocycles. The maximum atomic E-state index is 11.3.